The molecule has 2 aromatic carbocycles. The molecule has 2 heterocycles. The number of aromatic nitrogens is 3. The molecule has 0 saturated carbocycles. The van der Waals surface area contributed by atoms with Gasteiger partial charge in [-0.3, -0.25) is 4.98 Å². The van der Waals surface area contributed by atoms with Crippen molar-refractivity contribution in [1.82, 2.24) is 14.8 Å². The maximum absolute atomic E-state index is 11.8. The van der Waals surface area contributed by atoms with Crippen molar-refractivity contribution < 1.29 is 9.90 Å². The molecule has 0 aliphatic heterocycles. The minimum absolute atomic E-state index is 0.151. The second-order valence-electron chi connectivity index (χ2n) is 8.04. The highest BCUT2D eigenvalue weighted by Gasteiger charge is 2.19. The number of hydrogen-bond acceptors (Lipinski definition) is 4. The first-order chi connectivity index (χ1) is 15.7. The minimum Gasteiger partial charge on any atom is -0.478 e. The number of aromatic carboxylic acids is 1. The van der Waals surface area contributed by atoms with Gasteiger partial charge in [-0.25, -0.2) is 9.48 Å². The Morgan fingerprint density at radius 3 is 2.45 bits per heavy atom. The number of benzene rings is 2. The molecule has 0 radical (unpaired) electrons. The number of pyridine rings is 1. The fourth-order valence-corrected chi connectivity index (χ4v) is 4.05. The van der Waals surface area contributed by atoms with E-state index in [2.05, 4.69) is 36.3 Å². The van der Waals surface area contributed by atoms with Crippen LogP contribution in [0.15, 0.2) is 60.9 Å². The molecule has 0 atom stereocenters. The van der Waals surface area contributed by atoms with E-state index < -0.39 is 5.97 Å². The predicted molar refractivity (Wildman–Crippen MR) is 132 cm³/mol. The smallest absolute Gasteiger partial charge is 0.337 e. The van der Waals surface area contributed by atoms with Crippen LogP contribution in [0.2, 0.25) is 10.0 Å². The molecular formula is C25H22Cl2N4O2. The first-order valence-electron chi connectivity index (χ1n) is 10.4. The lowest BCUT2D eigenvalue weighted by Gasteiger charge is -2.14. The van der Waals surface area contributed by atoms with Gasteiger partial charge in [0.15, 0.2) is 0 Å². The van der Waals surface area contributed by atoms with E-state index in [-0.39, 0.29) is 5.56 Å². The Bertz CT molecular complexity index is 1330. The Labute approximate surface area is 201 Å². The zero-order valence-corrected chi connectivity index (χ0v) is 19.8. The maximum Gasteiger partial charge on any atom is 0.337 e. The van der Waals surface area contributed by atoms with E-state index in [1.54, 1.807) is 16.8 Å². The van der Waals surface area contributed by atoms with Crippen LogP contribution >= 0.6 is 23.2 Å². The van der Waals surface area contributed by atoms with Gasteiger partial charge in [-0.15, -0.1) is 0 Å². The molecule has 0 fully saturated rings. The largest absolute Gasteiger partial charge is 0.478 e. The molecule has 0 unspecified atom stereocenters. The van der Waals surface area contributed by atoms with Gasteiger partial charge in [0.05, 0.1) is 27.0 Å². The molecule has 4 rings (SSSR count). The average Bonchev–Trinajstić information content (AvgIpc) is 3.18. The van der Waals surface area contributed by atoms with Crippen LogP contribution in [0, 0.1) is 6.92 Å². The molecule has 168 valence electrons. The Balaban J connectivity index is 1.89. The topological polar surface area (TPSA) is 80.0 Å². The van der Waals surface area contributed by atoms with Gasteiger partial charge < -0.3 is 10.4 Å². The van der Waals surface area contributed by atoms with Crippen molar-refractivity contribution >= 4 is 40.7 Å². The summed E-state index contributed by atoms with van der Waals surface area (Å²) in [6, 6.07) is 15.2. The van der Waals surface area contributed by atoms with Crippen molar-refractivity contribution in [2.45, 2.75) is 26.7 Å². The zero-order valence-electron chi connectivity index (χ0n) is 18.3. The first kappa shape index (κ1) is 22.8. The van der Waals surface area contributed by atoms with Crippen LogP contribution in [-0.2, 0) is 0 Å². The molecule has 0 aliphatic rings. The molecule has 6 nitrogen and oxygen atoms in total. The van der Waals surface area contributed by atoms with Gasteiger partial charge in [-0.05, 0) is 36.6 Å². The van der Waals surface area contributed by atoms with Gasteiger partial charge in [0.1, 0.15) is 11.5 Å². The van der Waals surface area contributed by atoms with E-state index in [1.807, 2.05) is 31.2 Å². The normalized spacial score (nSPS) is 11.1. The van der Waals surface area contributed by atoms with Crippen molar-refractivity contribution in [1.29, 1.82) is 0 Å². The van der Waals surface area contributed by atoms with Crippen LogP contribution in [0.3, 0.4) is 0 Å². The number of anilines is 2. The van der Waals surface area contributed by atoms with Crippen LogP contribution < -0.4 is 5.32 Å². The molecule has 0 bridgehead atoms. The summed E-state index contributed by atoms with van der Waals surface area (Å²) in [4.78, 5) is 15.9. The molecule has 0 amide bonds. The molecule has 8 heteroatoms. The van der Waals surface area contributed by atoms with Gasteiger partial charge in [-0.1, -0.05) is 66.9 Å². The highest BCUT2D eigenvalue weighted by molar-refractivity contribution is 6.37. The Morgan fingerprint density at radius 2 is 1.79 bits per heavy atom. The average molecular weight is 481 g/mol. The summed E-state index contributed by atoms with van der Waals surface area (Å²) in [5.41, 5.74) is 4.67. The summed E-state index contributed by atoms with van der Waals surface area (Å²) < 4.78 is 1.58. The quantitative estimate of drug-likeness (QED) is 0.307. The third kappa shape index (κ3) is 4.72. The number of hydrogen-bond donors (Lipinski definition) is 2. The molecule has 0 aliphatic carbocycles. The summed E-state index contributed by atoms with van der Waals surface area (Å²) >= 11 is 12.9. The van der Waals surface area contributed by atoms with Crippen LogP contribution in [0.1, 0.15) is 41.3 Å². The van der Waals surface area contributed by atoms with Crippen molar-refractivity contribution in [3.8, 4) is 16.9 Å². The van der Waals surface area contributed by atoms with Gasteiger partial charge in [0.2, 0.25) is 0 Å². The Morgan fingerprint density at radius 1 is 1.06 bits per heavy atom. The monoisotopic (exact) mass is 480 g/mol. The van der Waals surface area contributed by atoms with Crippen molar-refractivity contribution in [2.24, 2.45) is 0 Å². The van der Waals surface area contributed by atoms with Crippen molar-refractivity contribution in [2.75, 3.05) is 5.32 Å². The molecule has 33 heavy (non-hydrogen) atoms. The third-order valence-electron chi connectivity index (χ3n) is 5.27. The van der Waals surface area contributed by atoms with Crippen molar-refractivity contribution in [3.63, 3.8) is 0 Å². The lowest BCUT2D eigenvalue weighted by Crippen LogP contribution is -2.08. The molecule has 4 aromatic rings. The predicted octanol–water partition coefficient (Wildman–Crippen LogP) is 7.11. The molecule has 0 spiro atoms. The Kier molecular flexibility index (Phi) is 6.40. The van der Waals surface area contributed by atoms with Crippen LogP contribution in [0.25, 0.3) is 16.9 Å². The van der Waals surface area contributed by atoms with Gasteiger partial charge in [0.25, 0.3) is 0 Å². The number of aryl methyl sites for hydroxylation is 1. The maximum atomic E-state index is 11.8. The van der Waals surface area contributed by atoms with Crippen LogP contribution in [0.5, 0.6) is 0 Å². The standard InChI is InChI=1S/C25H22Cl2N4O2/c1-14(2)16-5-4-6-17(10-16)22-11-23(29-21-8-7-15(3)9-18(21)25(32)33)31(30-22)24-19(26)12-28-13-20(24)27/h4-14,29H,1-3H3,(H,32,33). The molecular weight excluding hydrogens is 459 g/mol. The highest BCUT2D eigenvalue weighted by Crippen LogP contribution is 2.34. The summed E-state index contributed by atoms with van der Waals surface area (Å²) in [5.74, 6) is -0.155. The minimum atomic E-state index is -1.03. The third-order valence-corrected chi connectivity index (χ3v) is 5.82. The number of carboxylic acids is 1. The second kappa shape index (κ2) is 9.25. The fraction of sp³-hybridized carbons (Fsp3) is 0.160. The summed E-state index contributed by atoms with van der Waals surface area (Å²) in [7, 11) is 0. The van der Waals surface area contributed by atoms with E-state index in [0.29, 0.717) is 38.8 Å². The van der Waals surface area contributed by atoms with Gasteiger partial charge in [0, 0.05) is 24.0 Å². The van der Waals surface area contributed by atoms with Gasteiger partial charge in [-0.2, -0.15) is 5.10 Å². The van der Waals surface area contributed by atoms with E-state index in [1.165, 1.54) is 18.0 Å². The SMILES string of the molecule is Cc1ccc(Nc2cc(-c3cccc(C(C)C)c3)nn2-c2c(Cl)cncc2Cl)c(C(=O)O)c1. The van der Waals surface area contributed by atoms with Crippen molar-refractivity contribution in [3.05, 3.63) is 87.7 Å². The highest BCUT2D eigenvalue weighted by atomic mass is 35.5. The van der Waals surface area contributed by atoms with Crippen LogP contribution in [-0.4, -0.2) is 25.8 Å². The number of carbonyl (C=O) groups is 1. The molecule has 0 saturated heterocycles. The number of rotatable bonds is 6. The number of halogens is 2. The zero-order chi connectivity index (χ0) is 23.7. The number of nitrogens with one attached hydrogen (secondary N) is 1. The molecule has 2 aromatic heterocycles. The first-order valence-corrected chi connectivity index (χ1v) is 11.1. The lowest BCUT2D eigenvalue weighted by atomic mass is 10.00. The number of nitrogens with zero attached hydrogens (tertiary/aromatic N) is 3. The van der Waals surface area contributed by atoms with Crippen LogP contribution in [0.4, 0.5) is 11.5 Å². The number of carboxylic acid groups (broad SMARTS) is 1. The van der Waals surface area contributed by atoms with Gasteiger partial charge >= 0.3 is 5.97 Å². The fourth-order valence-electron chi connectivity index (χ4n) is 3.53. The van der Waals surface area contributed by atoms with E-state index in [4.69, 9.17) is 28.3 Å². The summed E-state index contributed by atoms with van der Waals surface area (Å²) in [5, 5.41) is 18.3. The van der Waals surface area contributed by atoms with E-state index >= 15 is 0 Å². The van der Waals surface area contributed by atoms with E-state index in [0.717, 1.165) is 11.1 Å². The van der Waals surface area contributed by atoms with E-state index in [9.17, 15) is 9.90 Å². The summed E-state index contributed by atoms with van der Waals surface area (Å²) in [6.45, 7) is 6.11. The summed E-state index contributed by atoms with van der Waals surface area (Å²) in [6.07, 6.45) is 2.98. The Hall–Kier alpha value is -3.35. The molecule has 2 N–H and O–H groups in total. The second-order valence-corrected chi connectivity index (χ2v) is 8.85. The lowest BCUT2D eigenvalue weighted by molar-refractivity contribution is 0.0698.